The van der Waals surface area contributed by atoms with Gasteiger partial charge in [-0.2, -0.15) is 8.42 Å². The zero-order valence-corrected chi connectivity index (χ0v) is 33.8. The maximum absolute atomic E-state index is 10.1. The second-order valence-corrected chi connectivity index (χ2v) is 8.38. The fourth-order valence-corrected chi connectivity index (χ4v) is 1.52. The van der Waals surface area contributed by atoms with Gasteiger partial charge in [0.1, 0.15) is 12.2 Å². The predicted molar refractivity (Wildman–Crippen MR) is 251 cm³/mol. The summed E-state index contributed by atoms with van der Waals surface area (Å²) in [6, 6.07) is 0. The zero-order valence-electron chi connectivity index (χ0n) is 32.1. The lowest BCUT2D eigenvalue weighted by Gasteiger charge is -1.83. The van der Waals surface area contributed by atoms with E-state index in [2.05, 4.69) is 267 Å². The van der Waals surface area contributed by atoms with Crippen molar-refractivity contribution in [3.05, 3.63) is 25.8 Å². The number of rotatable bonds is 2. The lowest BCUT2D eigenvalue weighted by Crippen LogP contribution is -1.97. The van der Waals surface area contributed by atoms with Crippen LogP contribution >= 0.6 is 0 Å². The Morgan fingerprint density at radius 1 is 0.453 bits per heavy atom. The minimum absolute atomic E-state index is 0. The molecule has 0 saturated carbocycles. The van der Waals surface area contributed by atoms with E-state index in [0.29, 0.717) is 6.54 Å². The molecule has 304 valence electrons. The summed E-state index contributed by atoms with van der Waals surface area (Å²) in [4.78, 5) is 0. The molecule has 4 N–H and O–H groups in total. The molecule has 0 aliphatic heterocycles. The Balaban J connectivity index is -0.000000164. The normalized spacial score (nSPS) is 4.69. The van der Waals surface area contributed by atoms with Crippen LogP contribution < -0.4 is 5.73 Å². The summed E-state index contributed by atoms with van der Waals surface area (Å²) >= 11 is 0. The van der Waals surface area contributed by atoms with Gasteiger partial charge in [0.2, 0.25) is 0 Å². The maximum atomic E-state index is 10.1. The third-order valence-electron chi connectivity index (χ3n) is 3.05. The summed E-state index contributed by atoms with van der Waals surface area (Å²) in [5.41, 5.74) is 4.91. The molecule has 0 aliphatic rings. The summed E-state index contributed by atoms with van der Waals surface area (Å²) in [5.74, 6) is 102. The van der Waals surface area contributed by atoms with Crippen LogP contribution in [0.2, 0.25) is 0 Å². The van der Waals surface area contributed by atoms with Crippen LogP contribution in [0.3, 0.4) is 0 Å². The molecule has 0 spiro atoms. The second kappa shape index (κ2) is 66.7. The highest BCUT2D eigenvalue weighted by Crippen LogP contribution is 1.80. The molecule has 0 unspecified atom stereocenters. The van der Waals surface area contributed by atoms with Crippen LogP contribution in [0.15, 0.2) is 25.8 Å². The Labute approximate surface area is 381 Å². The van der Waals surface area contributed by atoms with Crippen molar-refractivity contribution >= 4 is 21.0 Å². The Morgan fingerprint density at radius 2 is 0.609 bits per heavy atom. The molecule has 11 heteroatoms. The molecule has 0 aromatic carbocycles. The molecule has 0 saturated heterocycles. The Hall–Kier alpha value is -11.1. The van der Waals surface area contributed by atoms with Crippen LogP contribution in [0.5, 0.6) is 0 Å². The van der Waals surface area contributed by atoms with Gasteiger partial charge in [-0.3, -0.25) is 4.55 Å². The highest BCUT2D eigenvalue weighted by atomic mass is 32.3. The van der Waals surface area contributed by atoms with Gasteiger partial charge in [0.25, 0.3) is 0 Å². The van der Waals surface area contributed by atoms with Gasteiger partial charge in [0.15, 0.2) is 0 Å². The molecule has 0 aromatic heterocycles. The molecular formula is C53H27NO8S2. The molecule has 0 heterocycles. The van der Waals surface area contributed by atoms with E-state index < -0.39 is 21.0 Å². The number of nitrogens with two attached hydrogens (primary N) is 1. The topological polar surface area (TPSA) is 161 Å². The van der Waals surface area contributed by atoms with Gasteiger partial charge >= 0.3 is 21.0 Å². The first-order valence-electron chi connectivity index (χ1n) is 14.8. The van der Waals surface area contributed by atoms with E-state index in [9.17, 15) is 8.42 Å². The van der Waals surface area contributed by atoms with Gasteiger partial charge in [-0.05, 0) is 109 Å². The van der Waals surface area contributed by atoms with Gasteiger partial charge < -0.3 is 15.0 Å². The smallest absolute Gasteiger partial charge is 0.454 e. The van der Waals surface area contributed by atoms with Crippen molar-refractivity contribution in [2.75, 3.05) is 6.54 Å². The average molecular weight is 870 g/mol. The van der Waals surface area contributed by atoms with E-state index in [1.54, 1.807) is 32.1 Å². The van der Waals surface area contributed by atoms with Gasteiger partial charge in [-0.1, -0.05) is 32.8 Å². The van der Waals surface area contributed by atoms with Crippen molar-refractivity contribution in [2.45, 2.75) is 28.7 Å². The van der Waals surface area contributed by atoms with Crippen LogP contribution in [0, 0.1) is 261 Å². The molecule has 0 aromatic rings. The van der Waals surface area contributed by atoms with Gasteiger partial charge in [0, 0.05) is 149 Å². The Kier molecular flexibility index (Phi) is 70.5. The summed E-state index contributed by atoms with van der Waals surface area (Å²) in [5, 5.41) is 8.12. The molecule has 64 heavy (non-hydrogen) atoms. The molecule has 0 aliphatic carbocycles. The van der Waals surface area contributed by atoms with E-state index in [4.69, 9.17) is 28.0 Å². The first-order valence-corrected chi connectivity index (χ1v) is 17.2. The number of aliphatic hydroxyl groups excluding tert-OH is 1. The quantitative estimate of drug-likeness (QED) is 0.212. The fraction of sp³-hybridized carbons (Fsp3) is 0.0943. The van der Waals surface area contributed by atoms with E-state index in [0.717, 1.165) is 0 Å². The van der Waals surface area contributed by atoms with E-state index in [-0.39, 0.29) is 14.9 Å². The van der Waals surface area contributed by atoms with E-state index in [1.807, 2.05) is 5.92 Å². The van der Waals surface area contributed by atoms with Gasteiger partial charge in [0.05, 0.1) is 0 Å². The van der Waals surface area contributed by atoms with Crippen molar-refractivity contribution in [1.29, 1.82) is 0 Å². The first-order chi connectivity index (χ1) is 30.1. The summed E-state index contributed by atoms with van der Waals surface area (Å²) in [6.45, 7) is 13.3. The van der Waals surface area contributed by atoms with Crippen LogP contribution in [-0.2, 0) is 25.2 Å². The number of hydrogen-bond acceptors (Lipinski definition) is 8. The van der Waals surface area contributed by atoms with Crippen molar-refractivity contribution in [2.24, 2.45) is 5.73 Å². The SMILES string of the molecule is C.C.C=C.C=CCN.CC#CC#CC#CC#CC#CC#CC#CC#CC#CC#CC#CO.CC#CC#CC#CC#CC#CC#CC#CC#CC#CC#CC#COS(=O)(=O)O.O=S(=O)=O. The van der Waals surface area contributed by atoms with Crippen LogP contribution in [0.25, 0.3) is 0 Å². The largest absolute Gasteiger partial charge is 0.461 e. The standard InChI is InChI=1S/C23H4O4S.C23H4O.C3H7N.C2H4.2CH4.O3S/c1-2-3-4-5-6-7-8-9-10-11-12-13-14-15-16-17-18-19-20-21-22-23-27-28(24,25)26;1-2-3-4-5-6-7-8-9-10-11-12-13-14-15-16-17-18-19-20-21-22-23-24;1-2-3-4;1-2;;;1-4(2)3/h1H3,(H,24,25,26);24H,1H3;2H,1,3-4H2;1-2H2;2*1H4;. The summed E-state index contributed by atoms with van der Waals surface area (Å²) in [7, 11) is -7.72. The molecular weight excluding hydrogens is 843 g/mol. The molecule has 0 radical (unpaired) electrons. The Morgan fingerprint density at radius 3 is 0.750 bits per heavy atom. The van der Waals surface area contributed by atoms with E-state index in [1.165, 1.54) is 0 Å². The maximum Gasteiger partial charge on any atom is 0.454 e. The number of aliphatic hydroxyl groups is 1. The molecule has 0 fully saturated rings. The molecule has 0 rings (SSSR count). The fourth-order valence-electron chi connectivity index (χ4n) is 1.38. The summed E-state index contributed by atoms with van der Waals surface area (Å²) < 4.78 is 57.5. The highest BCUT2D eigenvalue weighted by Gasteiger charge is 1.98. The van der Waals surface area contributed by atoms with E-state index >= 15 is 0 Å². The zero-order chi connectivity index (χ0) is 47.3. The van der Waals surface area contributed by atoms with Crippen molar-refractivity contribution in [3.8, 4) is 261 Å². The minimum atomic E-state index is -4.60. The molecule has 0 bridgehead atoms. The molecule has 9 nitrogen and oxygen atoms in total. The monoisotopic (exact) mass is 869 g/mol. The molecule has 0 amide bonds. The first kappa shape index (κ1) is 67.6. The highest BCUT2D eigenvalue weighted by molar-refractivity contribution is 7.81. The van der Waals surface area contributed by atoms with Crippen molar-refractivity contribution in [3.63, 3.8) is 0 Å². The Bertz CT molecular complexity index is 3250. The average Bonchev–Trinajstić information content (AvgIpc) is 3.25. The lowest BCUT2D eigenvalue weighted by molar-refractivity contribution is 0.371. The molecule has 0 atom stereocenters. The third kappa shape index (κ3) is 98.3. The summed E-state index contributed by atoms with van der Waals surface area (Å²) in [6.07, 6.45) is 4.92. The van der Waals surface area contributed by atoms with Crippen LogP contribution in [-0.4, -0.2) is 37.2 Å². The van der Waals surface area contributed by atoms with Crippen LogP contribution in [0.4, 0.5) is 0 Å². The van der Waals surface area contributed by atoms with Gasteiger partial charge in [-0.25, -0.2) is 0 Å². The third-order valence-corrected chi connectivity index (χ3v) is 3.34. The van der Waals surface area contributed by atoms with Gasteiger partial charge in [-0.15, -0.1) is 32.4 Å². The number of hydrogen-bond donors (Lipinski definition) is 3. The lowest BCUT2D eigenvalue weighted by atomic mass is 10.4. The van der Waals surface area contributed by atoms with Crippen LogP contribution in [0.1, 0.15) is 28.7 Å². The minimum Gasteiger partial charge on any atom is -0.461 e. The van der Waals surface area contributed by atoms with Crippen molar-refractivity contribution in [1.82, 2.24) is 0 Å². The van der Waals surface area contributed by atoms with Crippen molar-refractivity contribution < 1.29 is 34.9 Å². The predicted octanol–water partition coefficient (Wildman–Crippen LogP) is 1.40. The second-order valence-electron chi connectivity index (χ2n) is 6.95.